The molecule has 0 amide bonds. The minimum Gasteiger partial charge on any atom is -0.353 e. The Balaban J connectivity index is 2.54. The maximum atomic E-state index is 5.72. The van der Waals surface area contributed by atoms with Gasteiger partial charge in [0.1, 0.15) is 5.69 Å². The Morgan fingerprint density at radius 2 is 2.27 bits per heavy atom. The number of benzene rings is 1. The van der Waals surface area contributed by atoms with Crippen molar-refractivity contribution >= 4 is 23.6 Å². The number of hydroxylamine groups is 1. The molecular formula is C7H4ClN2O. The summed E-state index contributed by atoms with van der Waals surface area (Å²) in [5.74, 6) is 0.636. The van der Waals surface area contributed by atoms with Gasteiger partial charge in [0, 0.05) is 5.02 Å². The van der Waals surface area contributed by atoms with Crippen molar-refractivity contribution in [3.63, 3.8) is 0 Å². The molecule has 1 aliphatic heterocycles. The predicted octanol–water partition coefficient (Wildman–Crippen LogP) is 1.91. The van der Waals surface area contributed by atoms with Gasteiger partial charge in [-0.1, -0.05) is 17.1 Å². The molecule has 1 heterocycles. The van der Waals surface area contributed by atoms with E-state index in [1.54, 1.807) is 18.2 Å². The van der Waals surface area contributed by atoms with Crippen LogP contribution < -0.4 is 10.3 Å². The molecule has 1 aliphatic rings. The molecule has 0 spiro atoms. The van der Waals surface area contributed by atoms with Gasteiger partial charge >= 0.3 is 0 Å². The monoisotopic (exact) mass is 167 g/mol. The molecule has 0 fully saturated rings. The Kier molecular flexibility index (Phi) is 1.43. The Labute approximate surface area is 68.6 Å². The zero-order chi connectivity index (χ0) is 7.68. The van der Waals surface area contributed by atoms with E-state index < -0.39 is 0 Å². The van der Waals surface area contributed by atoms with Gasteiger partial charge in [-0.2, -0.15) is 0 Å². The normalized spacial score (nSPS) is 13.2. The molecule has 0 aromatic heterocycles. The minimum absolute atomic E-state index is 0.636. The van der Waals surface area contributed by atoms with Crippen LogP contribution in [0.15, 0.2) is 23.2 Å². The summed E-state index contributed by atoms with van der Waals surface area (Å²) in [5, 5.41) is 0.645. The first-order valence-corrected chi connectivity index (χ1v) is 3.43. The molecule has 3 nitrogen and oxygen atoms in total. The molecule has 1 aromatic carbocycles. The Bertz CT molecular complexity index is 311. The van der Waals surface area contributed by atoms with E-state index in [-0.39, 0.29) is 0 Å². The zero-order valence-electron chi connectivity index (χ0n) is 5.49. The van der Waals surface area contributed by atoms with Crippen LogP contribution in [-0.2, 0) is 0 Å². The highest BCUT2D eigenvalue weighted by atomic mass is 35.5. The van der Waals surface area contributed by atoms with E-state index in [2.05, 4.69) is 10.5 Å². The Morgan fingerprint density at radius 1 is 1.36 bits per heavy atom. The van der Waals surface area contributed by atoms with E-state index in [9.17, 15) is 0 Å². The number of halogens is 1. The number of hydrogen-bond donors (Lipinski definition) is 0. The molecular weight excluding hydrogens is 164 g/mol. The molecule has 11 heavy (non-hydrogen) atoms. The van der Waals surface area contributed by atoms with Crippen LogP contribution in [0, 0.1) is 0 Å². The van der Waals surface area contributed by atoms with Gasteiger partial charge in [0.05, 0.1) is 0 Å². The van der Waals surface area contributed by atoms with Crippen LogP contribution in [0.4, 0.5) is 5.69 Å². The summed E-state index contributed by atoms with van der Waals surface area (Å²) >= 11 is 5.72. The molecule has 55 valence electrons. The first kappa shape index (κ1) is 6.49. The van der Waals surface area contributed by atoms with E-state index in [1.165, 1.54) is 6.34 Å². The fourth-order valence-electron chi connectivity index (χ4n) is 0.835. The van der Waals surface area contributed by atoms with E-state index in [4.69, 9.17) is 16.4 Å². The van der Waals surface area contributed by atoms with Crippen LogP contribution in [0.25, 0.3) is 0 Å². The van der Waals surface area contributed by atoms with Crippen LogP contribution in [0.2, 0.25) is 5.02 Å². The van der Waals surface area contributed by atoms with Crippen molar-refractivity contribution in [1.82, 2.24) is 5.48 Å². The van der Waals surface area contributed by atoms with E-state index in [1.807, 2.05) is 0 Å². The molecule has 0 saturated heterocycles. The van der Waals surface area contributed by atoms with Gasteiger partial charge in [0.15, 0.2) is 12.1 Å². The lowest BCUT2D eigenvalue weighted by molar-refractivity contribution is 0.254. The van der Waals surface area contributed by atoms with Gasteiger partial charge in [-0.25, -0.2) is 4.99 Å². The van der Waals surface area contributed by atoms with Crippen LogP contribution in [-0.4, -0.2) is 6.34 Å². The highest BCUT2D eigenvalue weighted by molar-refractivity contribution is 6.30. The highest BCUT2D eigenvalue weighted by Gasteiger charge is 2.07. The summed E-state index contributed by atoms with van der Waals surface area (Å²) in [6.45, 7) is 0. The number of fused-ring (bicyclic) bond motifs is 1. The molecule has 0 saturated carbocycles. The first-order valence-electron chi connectivity index (χ1n) is 3.05. The van der Waals surface area contributed by atoms with E-state index in [0.29, 0.717) is 16.5 Å². The van der Waals surface area contributed by atoms with Crippen molar-refractivity contribution in [1.29, 1.82) is 0 Å². The van der Waals surface area contributed by atoms with Crippen molar-refractivity contribution in [3.05, 3.63) is 23.2 Å². The number of nitrogens with zero attached hydrogens (tertiary/aromatic N) is 2. The maximum absolute atomic E-state index is 5.72. The second-order valence-corrected chi connectivity index (χ2v) is 2.49. The second kappa shape index (κ2) is 2.43. The number of rotatable bonds is 0. The fraction of sp³-hybridized carbons (Fsp3) is 0. The second-order valence-electron chi connectivity index (χ2n) is 2.05. The predicted molar refractivity (Wildman–Crippen MR) is 42.4 cm³/mol. The molecule has 0 atom stereocenters. The number of aliphatic imine (C=N–C) groups is 1. The summed E-state index contributed by atoms with van der Waals surface area (Å²) in [4.78, 5) is 8.85. The molecule has 0 bridgehead atoms. The van der Waals surface area contributed by atoms with E-state index in [0.717, 1.165) is 0 Å². The van der Waals surface area contributed by atoms with Crippen molar-refractivity contribution in [2.24, 2.45) is 4.99 Å². The minimum atomic E-state index is 0.636. The summed E-state index contributed by atoms with van der Waals surface area (Å²) in [7, 11) is 0. The van der Waals surface area contributed by atoms with Gasteiger partial charge in [0.25, 0.3) is 0 Å². The Hall–Kier alpha value is -1.22. The highest BCUT2D eigenvalue weighted by Crippen LogP contribution is 2.31. The molecule has 1 aromatic rings. The largest absolute Gasteiger partial charge is 0.353 e. The van der Waals surface area contributed by atoms with Crippen LogP contribution in [0.3, 0.4) is 0 Å². The number of hydrogen-bond acceptors (Lipinski definition) is 2. The van der Waals surface area contributed by atoms with Gasteiger partial charge in [-0.15, -0.1) is 0 Å². The molecule has 2 rings (SSSR count). The summed E-state index contributed by atoms with van der Waals surface area (Å²) in [6, 6.07) is 5.19. The zero-order valence-corrected chi connectivity index (χ0v) is 6.25. The van der Waals surface area contributed by atoms with E-state index >= 15 is 0 Å². The smallest absolute Gasteiger partial charge is 0.183 e. The van der Waals surface area contributed by atoms with Gasteiger partial charge in [-0.3, -0.25) is 0 Å². The first-order chi connectivity index (χ1) is 5.36. The lowest BCUT2D eigenvalue weighted by Gasteiger charge is -2.08. The molecule has 0 N–H and O–H groups in total. The van der Waals surface area contributed by atoms with Crippen molar-refractivity contribution in [2.45, 2.75) is 0 Å². The van der Waals surface area contributed by atoms with Crippen molar-refractivity contribution < 1.29 is 4.84 Å². The summed E-state index contributed by atoms with van der Waals surface area (Å²) in [5.41, 5.74) is 4.23. The molecule has 1 radical (unpaired) electrons. The third kappa shape index (κ3) is 1.14. The van der Waals surface area contributed by atoms with Gasteiger partial charge in [0.2, 0.25) is 0 Å². The van der Waals surface area contributed by atoms with Gasteiger partial charge < -0.3 is 4.84 Å². The summed E-state index contributed by atoms with van der Waals surface area (Å²) < 4.78 is 0. The van der Waals surface area contributed by atoms with Crippen LogP contribution in [0.1, 0.15) is 0 Å². The molecule has 4 heteroatoms. The Morgan fingerprint density at radius 3 is 3.18 bits per heavy atom. The average molecular weight is 168 g/mol. The van der Waals surface area contributed by atoms with Crippen LogP contribution >= 0.6 is 11.6 Å². The quantitative estimate of drug-likeness (QED) is 0.582. The lowest BCUT2D eigenvalue weighted by atomic mass is 10.3. The molecule has 0 aliphatic carbocycles. The maximum Gasteiger partial charge on any atom is 0.183 e. The summed E-state index contributed by atoms with van der Waals surface area (Å²) in [6.07, 6.45) is 1.35. The average Bonchev–Trinajstić information content (AvgIpc) is 2.04. The lowest BCUT2D eigenvalue weighted by Crippen LogP contribution is -2.10. The van der Waals surface area contributed by atoms with Crippen molar-refractivity contribution in [3.8, 4) is 5.75 Å². The van der Waals surface area contributed by atoms with Crippen molar-refractivity contribution in [2.75, 3.05) is 0 Å². The fourth-order valence-corrected chi connectivity index (χ4v) is 1.00. The topological polar surface area (TPSA) is 35.7 Å². The molecule has 0 unspecified atom stereocenters. The third-order valence-electron chi connectivity index (χ3n) is 1.32. The van der Waals surface area contributed by atoms with Crippen LogP contribution in [0.5, 0.6) is 5.75 Å². The van der Waals surface area contributed by atoms with Gasteiger partial charge in [-0.05, 0) is 18.2 Å². The SMILES string of the molecule is Clc1ccc2c(c1)N=C[N]O2. The third-order valence-corrected chi connectivity index (χ3v) is 1.55. The standard InChI is InChI=1S/C7H4ClN2O/c8-5-1-2-7-6(3-5)9-4-10-11-7/h1-4H.